The van der Waals surface area contributed by atoms with E-state index in [0.29, 0.717) is 12.5 Å². The maximum absolute atomic E-state index is 13.1. The molecule has 1 unspecified atom stereocenters. The lowest BCUT2D eigenvalue weighted by atomic mass is 10.2. The smallest absolute Gasteiger partial charge is 0.197 e. The first kappa shape index (κ1) is 13.0. The van der Waals surface area contributed by atoms with Crippen molar-refractivity contribution in [2.24, 2.45) is 0 Å². The molecule has 0 saturated carbocycles. The predicted molar refractivity (Wildman–Crippen MR) is 50.8 cm³/mol. The topological polar surface area (TPSA) is 9.23 Å². The van der Waals surface area contributed by atoms with Crippen molar-refractivity contribution in [1.29, 1.82) is 0 Å². The van der Waals surface area contributed by atoms with Crippen LogP contribution in [0.1, 0.15) is 25.8 Å². The van der Waals surface area contributed by atoms with Crippen LogP contribution in [0.5, 0.6) is 0 Å². The summed E-state index contributed by atoms with van der Waals surface area (Å²) in [6.07, 6.45) is 0.531. The highest BCUT2D eigenvalue weighted by Gasteiger charge is 2.18. The molecule has 0 spiro atoms. The zero-order chi connectivity index (χ0) is 12.3. The Hall–Kier alpha value is -1.10. The first-order valence-electron chi connectivity index (χ1n) is 4.90. The summed E-state index contributed by atoms with van der Waals surface area (Å²) in [6.45, 7) is 3.32. The lowest BCUT2D eigenvalue weighted by Crippen LogP contribution is -2.09. The molecule has 1 aromatic rings. The van der Waals surface area contributed by atoms with Crippen LogP contribution < -0.4 is 0 Å². The third-order valence-electron chi connectivity index (χ3n) is 2.28. The number of hydrogen-bond acceptors (Lipinski definition) is 1. The maximum atomic E-state index is 13.1. The standard InChI is InChI=1S/C11H12F4O/c1-3-6(2)16-5-7-4-8(12)10(14)11(15)9(7)13/h4,6H,3,5H2,1-2H3. The lowest BCUT2D eigenvalue weighted by molar-refractivity contribution is 0.0486. The average molecular weight is 236 g/mol. The molecule has 1 rings (SSSR count). The van der Waals surface area contributed by atoms with Gasteiger partial charge in [0.25, 0.3) is 0 Å². The Morgan fingerprint density at radius 1 is 1.12 bits per heavy atom. The zero-order valence-electron chi connectivity index (χ0n) is 8.99. The van der Waals surface area contributed by atoms with Gasteiger partial charge in [-0.05, 0) is 19.4 Å². The number of benzene rings is 1. The van der Waals surface area contributed by atoms with Gasteiger partial charge in [-0.15, -0.1) is 0 Å². The molecule has 90 valence electrons. The van der Waals surface area contributed by atoms with E-state index in [1.807, 2.05) is 6.92 Å². The molecule has 0 amide bonds. The van der Waals surface area contributed by atoms with Crippen molar-refractivity contribution in [3.05, 3.63) is 34.9 Å². The maximum Gasteiger partial charge on any atom is 0.197 e. The average Bonchev–Trinajstić information content (AvgIpc) is 2.28. The first-order valence-corrected chi connectivity index (χ1v) is 4.90. The second-order valence-electron chi connectivity index (χ2n) is 3.49. The van der Waals surface area contributed by atoms with E-state index in [1.54, 1.807) is 6.92 Å². The summed E-state index contributed by atoms with van der Waals surface area (Å²) < 4.78 is 56.5. The Morgan fingerprint density at radius 2 is 1.75 bits per heavy atom. The molecule has 1 atom stereocenters. The van der Waals surface area contributed by atoms with Gasteiger partial charge in [-0.25, -0.2) is 17.6 Å². The van der Waals surface area contributed by atoms with Gasteiger partial charge in [0, 0.05) is 5.56 Å². The van der Waals surface area contributed by atoms with E-state index in [9.17, 15) is 17.6 Å². The van der Waals surface area contributed by atoms with Crippen LogP contribution >= 0.6 is 0 Å². The van der Waals surface area contributed by atoms with Crippen molar-refractivity contribution >= 4 is 0 Å². The minimum atomic E-state index is -1.80. The van der Waals surface area contributed by atoms with Crippen LogP contribution in [0.3, 0.4) is 0 Å². The minimum Gasteiger partial charge on any atom is -0.374 e. The van der Waals surface area contributed by atoms with Gasteiger partial charge in [0.2, 0.25) is 0 Å². The number of rotatable bonds is 4. The molecule has 1 nitrogen and oxygen atoms in total. The van der Waals surface area contributed by atoms with Crippen LogP contribution in [0.15, 0.2) is 6.07 Å². The summed E-state index contributed by atoms with van der Waals surface area (Å²) in [5.74, 6) is -6.42. The van der Waals surface area contributed by atoms with Crippen molar-refractivity contribution in [2.75, 3.05) is 0 Å². The largest absolute Gasteiger partial charge is 0.374 e. The lowest BCUT2D eigenvalue weighted by Gasteiger charge is -2.11. The van der Waals surface area contributed by atoms with Gasteiger partial charge in [0.15, 0.2) is 23.3 Å². The molecular formula is C11H12F4O. The van der Waals surface area contributed by atoms with Crippen molar-refractivity contribution in [1.82, 2.24) is 0 Å². The van der Waals surface area contributed by atoms with Gasteiger partial charge < -0.3 is 4.74 Å². The zero-order valence-corrected chi connectivity index (χ0v) is 8.99. The van der Waals surface area contributed by atoms with E-state index in [4.69, 9.17) is 4.74 Å². The summed E-state index contributed by atoms with van der Waals surface area (Å²) in [6, 6.07) is 0.607. The Labute approximate surface area is 91.0 Å². The second kappa shape index (κ2) is 5.30. The van der Waals surface area contributed by atoms with Crippen LogP contribution in [-0.2, 0) is 11.3 Å². The minimum absolute atomic E-state index is 0.157. The SMILES string of the molecule is CCC(C)OCc1cc(F)c(F)c(F)c1F. The molecule has 0 radical (unpaired) electrons. The highest BCUT2D eigenvalue weighted by atomic mass is 19.2. The van der Waals surface area contributed by atoms with Gasteiger partial charge in [-0.1, -0.05) is 6.92 Å². The van der Waals surface area contributed by atoms with Crippen molar-refractivity contribution < 1.29 is 22.3 Å². The normalized spacial score (nSPS) is 12.9. The van der Waals surface area contributed by atoms with Crippen LogP contribution in [0.2, 0.25) is 0 Å². The molecule has 0 aliphatic rings. The second-order valence-corrected chi connectivity index (χ2v) is 3.49. The molecule has 0 fully saturated rings. The van der Waals surface area contributed by atoms with E-state index in [-0.39, 0.29) is 18.3 Å². The van der Waals surface area contributed by atoms with E-state index in [0.717, 1.165) is 0 Å². The fourth-order valence-corrected chi connectivity index (χ4v) is 1.08. The summed E-state index contributed by atoms with van der Waals surface area (Å²) in [7, 11) is 0. The van der Waals surface area contributed by atoms with E-state index in [2.05, 4.69) is 0 Å². The molecule has 1 aromatic carbocycles. The first-order chi connectivity index (χ1) is 7.47. The summed E-state index contributed by atoms with van der Waals surface area (Å²) in [4.78, 5) is 0. The van der Waals surface area contributed by atoms with Crippen LogP contribution in [0, 0.1) is 23.3 Å². The van der Waals surface area contributed by atoms with E-state index < -0.39 is 23.3 Å². The molecule has 0 saturated heterocycles. The van der Waals surface area contributed by atoms with Gasteiger partial charge >= 0.3 is 0 Å². The molecule has 0 aromatic heterocycles. The molecule has 16 heavy (non-hydrogen) atoms. The Balaban J connectivity index is 2.89. The number of hydrogen-bond donors (Lipinski definition) is 0. The molecule has 0 aliphatic heterocycles. The molecule has 0 aliphatic carbocycles. The third kappa shape index (κ3) is 2.72. The highest BCUT2D eigenvalue weighted by molar-refractivity contribution is 5.21. The molecule has 0 N–H and O–H groups in total. The molecule has 0 bridgehead atoms. The van der Waals surface area contributed by atoms with E-state index >= 15 is 0 Å². The van der Waals surface area contributed by atoms with E-state index in [1.165, 1.54) is 0 Å². The fourth-order valence-electron chi connectivity index (χ4n) is 1.08. The molecule has 0 heterocycles. The van der Waals surface area contributed by atoms with Gasteiger partial charge in [-0.2, -0.15) is 0 Å². The van der Waals surface area contributed by atoms with Crippen molar-refractivity contribution in [3.63, 3.8) is 0 Å². The van der Waals surface area contributed by atoms with Gasteiger partial charge in [0.05, 0.1) is 12.7 Å². The molecule has 5 heteroatoms. The van der Waals surface area contributed by atoms with Crippen LogP contribution in [-0.4, -0.2) is 6.10 Å². The quantitative estimate of drug-likeness (QED) is 0.441. The monoisotopic (exact) mass is 236 g/mol. The Kier molecular flexibility index (Phi) is 4.29. The van der Waals surface area contributed by atoms with Gasteiger partial charge in [-0.3, -0.25) is 0 Å². The van der Waals surface area contributed by atoms with Crippen molar-refractivity contribution in [2.45, 2.75) is 33.0 Å². The fraction of sp³-hybridized carbons (Fsp3) is 0.455. The molecular weight excluding hydrogens is 224 g/mol. The Morgan fingerprint density at radius 3 is 2.31 bits per heavy atom. The summed E-state index contributed by atoms with van der Waals surface area (Å²) >= 11 is 0. The summed E-state index contributed by atoms with van der Waals surface area (Å²) in [5, 5.41) is 0. The highest BCUT2D eigenvalue weighted by Crippen LogP contribution is 2.19. The van der Waals surface area contributed by atoms with Gasteiger partial charge in [0.1, 0.15) is 0 Å². The van der Waals surface area contributed by atoms with Crippen LogP contribution in [0.4, 0.5) is 17.6 Å². The predicted octanol–water partition coefficient (Wildman–Crippen LogP) is 3.56. The van der Waals surface area contributed by atoms with Crippen LogP contribution in [0.25, 0.3) is 0 Å². The number of ether oxygens (including phenoxy) is 1. The Bertz CT molecular complexity index is 379. The summed E-state index contributed by atoms with van der Waals surface area (Å²) in [5.41, 5.74) is -0.322. The number of halogens is 4. The van der Waals surface area contributed by atoms with Crippen molar-refractivity contribution in [3.8, 4) is 0 Å². The third-order valence-corrected chi connectivity index (χ3v) is 2.28.